The molecule has 0 radical (unpaired) electrons. The van der Waals surface area contributed by atoms with E-state index in [-0.39, 0.29) is 6.03 Å². The summed E-state index contributed by atoms with van der Waals surface area (Å²) in [7, 11) is 1.73. The molecule has 5 nitrogen and oxygen atoms in total. The quantitative estimate of drug-likeness (QED) is 0.877. The lowest BCUT2D eigenvalue weighted by Crippen LogP contribution is -2.41. The summed E-state index contributed by atoms with van der Waals surface area (Å²) in [4.78, 5) is 16.8. The van der Waals surface area contributed by atoms with Gasteiger partial charge in [0.2, 0.25) is 0 Å². The fraction of sp³-hybridized carbons (Fsp3) is 0.391. The molecule has 1 N–H and O–H groups in total. The maximum Gasteiger partial charge on any atom is 0.326 e. The molecule has 1 aliphatic carbocycles. The van der Waals surface area contributed by atoms with E-state index in [1.165, 1.54) is 30.4 Å². The number of nitrogens with zero attached hydrogens (tertiary/aromatic N) is 3. The van der Waals surface area contributed by atoms with E-state index in [2.05, 4.69) is 28.4 Å². The summed E-state index contributed by atoms with van der Waals surface area (Å²) in [6.07, 6.45) is 6.20. The summed E-state index contributed by atoms with van der Waals surface area (Å²) >= 11 is 0. The first-order chi connectivity index (χ1) is 13.6. The molecule has 0 aromatic heterocycles. The minimum Gasteiger partial charge on any atom is -0.308 e. The van der Waals surface area contributed by atoms with E-state index in [1.807, 2.05) is 6.07 Å². The Bertz CT molecular complexity index is 896. The van der Waals surface area contributed by atoms with E-state index in [0.29, 0.717) is 5.56 Å². The highest BCUT2D eigenvalue weighted by atomic mass is 16.2. The monoisotopic (exact) mass is 374 g/mol. The number of fused-ring (bicyclic) bond motifs is 1. The molecule has 1 heterocycles. The van der Waals surface area contributed by atoms with Gasteiger partial charge in [-0.15, -0.1) is 0 Å². The second kappa shape index (κ2) is 8.04. The summed E-state index contributed by atoms with van der Waals surface area (Å²) in [5, 5.41) is 11.9. The van der Waals surface area contributed by atoms with E-state index in [4.69, 9.17) is 5.26 Å². The Morgan fingerprint density at radius 1 is 1.11 bits per heavy atom. The third-order valence-electron chi connectivity index (χ3n) is 6.07. The molecular formula is C23H26N4O. The van der Waals surface area contributed by atoms with Crippen LogP contribution in [-0.2, 0) is 12.8 Å². The molecule has 1 aliphatic heterocycles. The van der Waals surface area contributed by atoms with Crippen molar-refractivity contribution in [2.75, 3.05) is 30.4 Å². The van der Waals surface area contributed by atoms with Crippen molar-refractivity contribution in [3.8, 4) is 6.07 Å². The molecule has 0 bridgehead atoms. The minimum absolute atomic E-state index is 0.186. The first-order valence-corrected chi connectivity index (χ1v) is 10.0. The standard InChI is InChI=1S/C23H26N4O/c1-26(21-9-5-17(16-24)6-10-21)23(28)25-20-8-7-18-11-13-27(22-3-2-4-22)14-12-19(18)15-20/h5-10,15,22H,2-4,11-14H2,1H3,(H,25,28). The molecule has 28 heavy (non-hydrogen) atoms. The predicted molar refractivity (Wildman–Crippen MR) is 112 cm³/mol. The van der Waals surface area contributed by atoms with Crippen molar-refractivity contribution in [2.45, 2.75) is 38.1 Å². The summed E-state index contributed by atoms with van der Waals surface area (Å²) in [6, 6.07) is 16.0. The van der Waals surface area contributed by atoms with Gasteiger partial charge in [0.1, 0.15) is 0 Å². The number of rotatable bonds is 3. The number of anilines is 2. The van der Waals surface area contributed by atoms with Gasteiger partial charge in [-0.2, -0.15) is 5.26 Å². The van der Waals surface area contributed by atoms with Gasteiger partial charge in [-0.1, -0.05) is 12.5 Å². The number of urea groups is 1. The smallest absolute Gasteiger partial charge is 0.308 e. The van der Waals surface area contributed by atoms with Crippen LogP contribution < -0.4 is 10.2 Å². The third kappa shape index (κ3) is 3.88. The number of benzene rings is 2. The van der Waals surface area contributed by atoms with Gasteiger partial charge in [0.25, 0.3) is 0 Å². The first kappa shape index (κ1) is 18.5. The summed E-state index contributed by atoms with van der Waals surface area (Å²) in [5.74, 6) is 0. The number of amides is 2. The van der Waals surface area contributed by atoms with Crippen LogP contribution in [0.25, 0.3) is 0 Å². The number of carbonyl (C=O) groups excluding carboxylic acids is 1. The number of carbonyl (C=O) groups is 1. The van der Waals surface area contributed by atoms with E-state index in [0.717, 1.165) is 43.3 Å². The highest BCUT2D eigenvalue weighted by Crippen LogP contribution is 2.28. The molecule has 2 aliphatic rings. The maximum atomic E-state index is 12.6. The normalized spacial score (nSPS) is 17.0. The lowest BCUT2D eigenvalue weighted by molar-refractivity contribution is 0.133. The van der Waals surface area contributed by atoms with E-state index < -0.39 is 0 Å². The summed E-state index contributed by atoms with van der Waals surface area (Å²) < 4.78 is 0. The molecule has 0 unspecified atom stereocenters. The molecule has 0 atom stereocenters. The lowest BCUT2D eigenvalue weighted by Gasteiger charge is -2.36. The first-order valence-electron chi connectivity index (χ1n) is 10.0. The Hall–Kier alpha value is -2.84. The average Bonchev–Trinajstić information content (AvgIpc) is 2.88. The lowest BCUT2D eigenvalue weighted by atomic mass is 9.91. The second-order valence-corrected chi connectivity index (χ2v) is 7.75. The van der Waals surface area contributed by atoms with Crippen molar-refractivity contribution < 1.29 is 4.79 Å². The van der Waals surface area contributed by atoms with Crippen molar-refractivity contribution in [2.24, 2.45) is 0 Å². The molecule has 4 rings (SSSR count). The van der Waals surface area contributed by atoms with Gasteiger partial charge in [0.15, 0.2) is 0 Å². The van der Waals surface area contributed by atoms with E-state index in [1.54, 1.807) is 36.2 Å². The number of hydrogen-bond acceptors (Lipinski definition) is 3. The summed E-state index contributed by atoms with van der Waals surface area (Å²) in [6.45, 7) is 2.25. The van der Waals surface area contributed by atoms with Crippen LogP contribution in [0.3, 0.4) is 0 Å². The minimum atomic E-state index is -0.186. The topological polar surface area (TPSA) is 59.4 Å². The zero-order chi connectivity index (χ0) is 19.5. The number of hydrogen-bond donors (Lipinski definition) is 1. The Balaban J connectivity index is 1.42. The van der Waals surface area contributed by atoms with Crippen LogP contribution >= 0.6 is 0 Å². The zero-order valence-electron chi connectivity index (χ0n) is 16.3. The second-order valence-electron chi connectivity index (χ2n) is 7.75. The van der Waals surface area contributed by atoms with Gasteiger partial charge in [-0.3, -0.25) is 9.80 Å². The van der Waals surface area contributed by atoms with Crippen LogP contribution in [0, 0.1) is 11.3 Å². The van der Waals surface area contributed by atoms with Crippen molar-refractivity contribution in [3.05, 3.63) is 59.2 Å². The predicted octanol–water partition coefficient (Wildman–Crippen LogP) is 4.18. The Morgan fingerprint density at radius 2 is 1.82 bits per heavy atom. The van der Waals surface area contributed by atoms with Crippen LogP contribution in [0.4, 0.5) is 16.2 Å². The van der Waals surface area contributed by atoms with Gasteiger partial charge < -0.3 is 5.32 Å². The Labute approximate surface area is 166 Å². The van der Waals surface area contributed by atoms with Gasteiger partial charge in [0.05, 0.1) is 11.6 Å². The molecule has 1 saturated carbocycles. The molecular weight excluding hydrogens is 348 g/mol. The van der Waals surface area contributed by atoms with Crippen LogP contribution in [-0.4, -0.2) is 37.1 Å². The molecule has 0 saturated heterocycles. The van der Waals surface area contributed by atoms with Crippen molar-refractivity contribution >= 4 is 17.4 Å². The van der Waals surface area contributed by atoms with Crippen LogP contribution in [0.15, 0.2) is 42.5 Å². The van der Waals surface area contributed by atoms with Crippen molar-refractivity contribution in [3.63, 3.8) is 0 Å². The van der Waals surface area contributed by atoms with Gasteiger partial charge >= 0.3 is 6.03 Å². The zero-order valence-corrected chi connectivity index (χ0v) is 16.3. The largest absolute Gasteiger partial charge is 0.326 e. The highest BCUT2D eigenvalue weighted by Gasteiger charge is 2.26. The van der Waals surface area contributed by atoms with Crippen molar-refractivity contribution in [1.29, 1.82) is 5.26 Å². The SMILES string of the molecule is CN(C(=O)Nc1ccc2c(c1)CCN(C1CCC1)CC2)c1ccc(C#N)cc1. The van der Waals surface area contributed by atoms with Gasteiger partial charge in [0, 0.05) is 37.6 Å². The molecule has 1 fully saturated rings. The van der Waals surface area contributed by atoms with Crippen LogP contribution in [0.1, 0.15) is 36.0 Å². The van der Waals surface area contributed by atoms with Gasteiger partial charge in [-0.05, 0) is 73.2 Å². The van der Waals surface area contributed by atoms with E-state index >= 15 is 0 Å². The third-order valence-corrected chi connectivity index (χ3v) is 6.07. The fourth-order valence-corrected chi connectivity index (χ4v) is 4.02. The number of nitriles is 1. The summed E-state index contributed by atoms with van der Waals surface area (Å²) in [5.41, 5.74) is 4.92. The highest BCUT2D eigenvalue weighted by molar-refractivity contribution is 6.01. The van der Waals surface area contributed by atoms with Crippen LogP contribution in [0.2, 0.25) is 0 Å². The average molecular weight is 374 g/mol. The Kier molecular flexibility index (Phi) is 5.31. The van der Waals surface area contributed by atoms with E-state index in [9.17, 15) is 4.79 Å². The van der Waals surface area contributed by atoms with Crippen molar-refractivity contribution in [1.82, 2.24) is 4.90 Å². The molecule has 5 heteroatoms. The number of nitrogens with one attached hydrogen (secondary N) is 1. The molecule has 2 amide bonds. The Morgan fingerprint density at radius 3 is 2.46 bits per heavy atom. The van der Waals surface area contributed by atoms with Crippen LogP contribution in [0.5, 0.6) is 0 Å². The molecule has 2 aromatic carbocycles. The fourth-order valence-electron chi connectivity index (χ4n) is 4.02. The van der Waals surface area contributed by atoms with Gasteiger partial charge in [-0.25, -0.2) is 4.79 Å². The maximum absolute atomic E-state index is 12.6. The molecule has 144 valence electrons. The molecule has 2 aromatic rings. The molecule has 0 spiro atoms.